The number of phosphoric acid groups is 1. The monoisotopic (exact) mass is 286 g/mol. The van der Waals surface area contributed by atoms with E-state index in [2.05, 4.69) is 9.05 Å². The molecule has 0 saturated heterocycles. The molecule has 1 rings (SSSR count). The van der Waals surface area contributed by atoms with Crippen molar-refractivity contribution in [1.82, 2.24) is 0 Å². The fourth-order valence-electron chi connectivity index (χ4n) is 1.21. The Balaban J connectivity index is 2.48. The summed E-state index contributed by atoms with van der Waals surface area (Å²) < 4.78 is 24.5. The van der Waals surface area contributed by atoms with Crippen LogP contribution in [0.3, 0.4) is 0 Å². The third kappa shape index (κ3) is 5.70. The molecule has 0 aliphatic heterocycles. The van der Waals surface area contributed by atoms with Gasteiger partial charge in [0.25, 0.3) is 0 Å². The summed E-state index contributed by atoms with van der Waals surface area (Å²) in [6.07, 6.45) is 1.24. The third-order valence-corrected chi connectivity index (χ3v) is 3.04. The zero-order valence-electron chi connectivity index (χ0n) is 10.6. The quantitative estimate of drug-likeness (QED) is 0.374. The van der Waals surface area contributed by atoms with E-state index < -0.39 is 19.9 Å². The van der Waals surface area contributed by atoms with Gasteiger partial charge in [-0.3, -0.25) is 9.42 Å². The summed E-state index contributed by atoms with van der Waals surface area (Å²) in [6, 6.07) is 9.17. The lowest BCUT2D eigenvalue weighted by Gasteiger charge is -2.11. The molecule has 0 saturated carbocycles. The van der Waals surface area contributed by atoms with Gasteiger partial charge < -0.3 is 9.26 Å². The molecule has 0 heterocycles. The minimum absolute atomic E-state index is 0.429. The molecule has 104 valence electrons. The van der Waals surface area contributed by atoms with Crippen molar-refractivity contribution in [2.45, 2.75) is 13.0 Å². The number of rotatable bonds is 6. The van der Waals surface area contributed by atoms with E-state index in [1.54, 1.807) is 6.92 Å². The molecule has 0 fully saturated rings. The molecular weight excluding hydrogens is 271 g/mol. The van der Waals surface area contributed by atoms with E-state index in [-0.39, 0.29) is 0 Å². The lowest BCUT2D eigenvalue weighted by molar-refractivity contribution is -0.142. The van der Waals surface area contributed by atoms with E-state index in [9.17, 15) is 9.36 Å². The highest BCUT2D eigenvalue weighted by Crippen LogP contribution is 2.42. The molecule has 19 heavy (non-hydrogen) atoms. The molecule has 0 amide bonds. The van der Waals surface area contributed by atoms with E-state index in [0.29, 0.717) is 0 Å². The van der Waals surface area contributed by atoms with Gasteiger partial charge >= 0.3 is 13.8 Å². The summed E-state index contributed by atoms with van der Waals surface area (Å²) >= 11 is 0. The van der Waals surface area contributed by atoms with Crippen LogP contribution in [-0.4, -0.2) is 18.0 Å². The van der Waals surface area contributed by atoms with Crippen LogP contribution in [0.1, 0.15) is 18.6 Å². The summed E-state index contributed by atoms with van der Waals surface area (Å²) in [5, 5.41) is 0. The van der Waals surface area contributed by atoms with Crippen molar-refractivity contribution >= 4 is 13.8 Å². The van der Waals surface area contributed by atoms with Gasteiger partial charge in [-0.2, -0.15) is 0 Å². The summed E-state index contributed by atoms with van der Waals surface area (Å²) in [7, 11) is -3.10. The zero-order chi connectivity index (χ0) is 14.3. The molecule has 2 atom stereocenters. The van der Waals surface area contributed by atoms with E-state index in [0.717, 1.165) is 25.0 Å². The molecule has 0 aliphatic carbocycles. The summed E-state index contributed by atoms with van der Waals surface area (Å²) in [6.45, 7) is 1.72. The maximum atomic E-state index is 11.4. The van der Waals surface area contributed by atoms with Gasteiger partial charge in [-0.25, -0.2) is 9.36 Å². The van der Waals surface area contributed by atoms with Gasteiger partial charge in [-0.05, 0) is 12.5 Å². The second kappa shape index (κ2) is 7.09. The van der Waals surface area contributed by atoms with E-state index in [4.69, 9.17) is 9.63 Å². The number of benzene rings is 1. The number of carbonyl (C=O) groups excluding carboxylic acids is 1. The molecule has 0 aliphatic rings. The van der Waals surface area contributed by atoms with Crippen LogP contribution in [0.5, 0.6) is 0 Å². The van der Waals surface area contributed by atoms with Crippen LogP contribution in [0.4, 0.5) is 0 Å². The molecule has 2 unspecified atom stereocenters. The summed E-state index contributed by atoms with van der Waals surface area (Å²) in [5.74, 6) is -0.688. The van der Waals surface area contributed by atoms with Crippen LogP contribution >= 0.6 is 7.82 Å². The van der Waals surface area contributed by atoms with Gasteiger partial charge in [-0.15, -0.1) is 0 Å². The van der Waals surface area contributed by atoms with Crippen LogP contribution in [0.25, 0.3) is 0 Å². The highest BCUT2D eigenvalue weighted by atomic mass is 31.2. The molecule has 0 radical (unpaired) electrons. The van der Waals surface area contributed by atoms with Crippen LogP contribution in [0.15, 0.2) is 42.7 Å². The number of phosphoric ester groups is 1. The number of hydrogen-bond acceptors (Lipinski definition) is 5. The van der Waals surface area contributed by atoms with Crippen molar-refractivity contribution in [3.05, 3.63) is 48.2 Å². The number of hydrogen-bond donors (Lipinski definition) is 1. The van der Waals surface area contributed by atoms with Crippen LogP contribution < -0.4 is 0 Å². The van der Waals surface area contributed by atoms with Gasteiger partial charge in [-0.1, -0.05) is 30.3 Å². The summed E-state index contributed by atoms with van der Waals surface area (Å²) in [4.78, 5) is 20.3. The van der Waals surface area contributed by atoms with E-state index in [1.165, 1.54) is 0 Å². The van der Waals surface area contributed by atoms with Crippen molar-refractivity contribution in [3.63, 3.8) is 0 Å². The Labute approximate surface area is 111 Å². The van der Waals surface area contributed by atoms with Crippen LogP contribution in [0.2, 0.25) is 0 Å². The second-order valence-corrected chi connectivity index (χ2v) is 5.06. The number of carbonyl (C=O) groups is 1. The van der Waals surface area contributed by atoms with E-state index in [1.807, 2.05) is 30.3 Å². The Morgan fingerprint density at radius 3 is 2.58 bits per heavy atom. The van der Waals surface area contributed by atoms with Gasteiger partial charge in [0.2, 0.25) is 0 Å². The molecule has 1 aromatic carbocycles. The van der Waals surface area contributed by atoms with Crippen molar-refractivity contribution in [1.29, 1.82) is 0 Å². The van der Waals surface area contributed by atoms with Gasteiger partial charge in [0.05, 0.1) is 6.08 Å². The molecule has 0 spiro atoms. The first kappa shape index (κ1) is 15.4. The normalized spacial score (nSPS) is 15.7. The fraction of sp³-hybridized carbons (Fsp3) is 0.250. The lowest BCUT2D eigenvalue weighted by Crippen LogP contribution is -2.06. The molecule has 6 nitrogen and oxygen atoms in total. The Bertz CT molecular complexity index is 484. The Morgan fingerprint density at radius 2 is 2.00 bits per heavy atom. The molecule has 7 heteroatoms. The fourth-order valence-corrected chi connectivity index (χ4v) is 1.51. The van der Waals surface area contributed by atoms with Crippen molar-refractivity contribution in [2.24, 2.45) is 0 Å². The Morgan fingerprint density at radius 1 is 1.37 bits per heavy atom. The molecule has 0 aromatic heterocycles. The average molecular weight is 286 g/mol. The standard InChI is InChI=1S/C12H15O6P/c1-10(11-6-4-3-5-7-11)18-12(13)8-9-17-19(14,15)16-2/h3-10H,1-2H3,(H,14,15). The van der Waals surface area contributed by atoms with Gasteiger partial charge in [0.15, 0.2) is 0 Å². The van der Waals surface area contributed by atoms with Crippen molar-refractivity contribution in [3.8, 4) is 0 Å². The Kier molecular flexibility index (Phi) is 5.76. The average Bonchev–Trinajstić information content (AvgIpc) is 2.39. The van der Waals surface area contributed by atoms with Crippen molar-refractivity contribution < 1.29 is 28.0 Å². The maximum absolute atomic E-state index is 11.4. The topological polar surface area (TPSA) is 82.1 Å². The SMILES string of the molecule is COP(=O)(O)OC=CC(=O)OC(C)c1ccccc1. The highest BCUT2D eigenvalue weighted by Gasteiger charge is 2.17. The smallest absolute Gasteiger partial charge is 0.455 e. The third-order valence-electron chi connectivity index (χ3n) is 2.19. The molecule has 1 N–H and O–H groups in total. The first-order valence-electron chi connectivity index (χ1n) is 5.43. The molecule has 0 bridgehead atoms. The Hall–Kier alpha value is -1.62. The first-order chi connectivity index (χ1) is 8.94. The van der Waals surface area contributed by atoms with E-state index >= 15 is 0 Å². The van der Waals surface area contributed by atoms with Crippen LogP contribution in [0, 0.1) is 0 Å². The number of ether oxygens (including phenoxy) is 1. The predicted molar refractivity (Wildman–Crippen MR) is 68.0 cm³/mol. The minimum atomic E-state index is -4.12. The van der Waals surface area contributed by atoms with Gasteiger partial charge in [0, 0.05) is 7.11 Å². The first-order valence-corrected chi connectivity index (χ1v) is 6.93. The molecular formula is C12H15O6P. The van der Waals surface area contributed by atoms with Crippen LogP contribution in [-0.2, 0) is 23.1 Å². The highest BCUT2D eigenvalue weighted by molar-refractivity contribution is 7.47. The zero-order valence-corrected chi connectivity index (χ0v) is 11.4. The molecule has 1 aromatic rings. The maximum Gasteiger partial charge on any atom is 0.526 e. The van der Waals surface area contributed by atoms with Gasteiger partial charge in [0.1, 0.15) is 12.4 Å². The van der Waals surface area contributed by atoms with Crippen molar-refractivity contribution in [2.75, 3.05) is 7.11 Å². The number of esters is 1. The lowest BCUT2D eigenvalue weighted by atomic mass is 10.1. The second-order valence-electron chi connectivity index (χ2n) is 3.55. The minimum Gasteiger partial charge on any atom is -0.455 e. The largest absolute Gasteiger partial charge is 0.526 e. The predicted octanol–water partition coefficient (Wildman–Crippen LogP) is 2.57. The summed E-state index contributed by atoms with van der Waals surface area (Å²) in [5.41, 5.74) is 0.842.